The van der Waals surface area contributed by atoms with Crippen molar-refractivity contribution in [3.63, 3.8) is 0 Å². The Morgan fingerprint density at radius 1 is 1.10 bits per heavy atom. The molecule has 0 fully saturated rings. The largest absolute Gasteiger partial charge is 0.508 e. The quantitative estimate of drug-likeness (QED) is 0.900. The van der Waals surface area contributed by atoms with Gasteiger partial charge in [-0.1, -0.05) is 6.07 Å². The fourth-order valence-electron chi connectivity index (χ4n) is 1.83. The van der Waals surface area contributed by atoms with Gasteiger partial charge in [0.25, 0.3) is 5.91 Å². The third kappa shape index (κ3) is 2.51. The van der Waals surface area contributed by atoms with Crippen LogP contribution < -0.4 is 9.64 Å². The minimum Gasteiger partial charge on any atom is -0.508 e. The van der Waals surface area contributed by atoms with Crippen molar-refractivity contribution < 1.29 is 19.7 Å². The number of nitrogens with zero attached hydrogens (tertiary/aromatic N) is 1. The van der Waals surface area contributed by atoms with Crippen LogP contribution >= 0.6 is 0 Å². The summed E-state index contributed by atoms with van der Waals surface area (Å²) in [6, 6.07) is 10.9. The van der Waals surface area contributed by atoms with Crippen molar-refractivity contribution in [3.8, 4) is 17.2 Å². The Balaban J connectivity index is 2.34. The number of anilines is 1. The van der Waals surface area contributed by atoms with Crippen LogP contribution in [0.3, 0.4) is 0 Å². The minimum absolute atomic E-state index is 0.124. The van der Waals surface area contributed by atoms with Gasteiger partial charge in [-0.15, -0.1) is 0 Å². The van der Waals surface area contributed by atoms with Crippen LogP contribution in [-0.4, -0.2) is 30.3 Å². The van der Waals surface area contributed by atoms with Gasteiger partial charge in [0.15, 0.2) is 11.5 Å². The number of hydrogen-bond acceptors (Lipinski definition) is 4. The summed E-state index contributed by atoms with van der Waals surface area (Å²) in [7, 11) is 3.01. The number of rotatable bonds is 3. The Bertz CT molecular complexity index is 622. The Hall–Kier alpha value is -2.69. The van der Waals surface area contributed by atoms with Gasteiger partial charge in [0, 0.05) is 12.7 Å². The SMILES string of the molecule is COc1cccc(C(=O)N(C)c2ccc(O)cc2)c1O. The van der Waals surface area contributed by atoms with Crippen LogP contribution in [-0.2, 0) is 0 Å². The van der Waals surface area contributed by atoms with Gasteiger partial charge in [-0.25, -0.2) is 0 Å². The van der Waals surface area contributed by atoms with Gasteiger partial charge in [-0.2, -0.15) is 0 Å². The lowest BCUT2D eigenvalue weighted by molar-refractivity contribution is 0.0990. The molecule has 2 aromatic carbocycles. The summed E-state index contributed by atoms with van der Waals surface area (Å²) >= 11 is 0. The average molecular weight is 273 g/mol. The molecule has 0 saturated heterocycles. The van der Waals surface area contributed by atoms with Gasteiger partial charge in [0.1, 0.15) is 5.75 Å². The van der Waals surface area contributed by atoms with E-state index in [2.05, 4.69) is 0 Å². The van der Waals surface area contributed by atoms with Crippen LogP contribution in [0.5, 0.6) is 17.2 Å². The number of phenols is 2. The summed E-state index contributed by atoms with van der Waals surface area (Å²) in [6.45, 7) is 0. The highest BCUT2D eigenvalue weighted by molar-refractivity contribution is 6.07. The van der Waals surface area contributed by atoms with Crippen molar-refractivity contribution in [2.75, 3.05) is 19.1 Å². The number of hydrogen-bond donors (Lipinski definition) is 2. The van der Waals surface area contributed by atoms with Crippen LogP contribution in [0.4, 0.5) is 5.69 Å². The lowest BCUT2D eigenvalue weighted by Crippen LogP contribution is -2.26. The zero-order valence-electron chi connectivity index (χ0n) is 11.2. The van der Waals surface area contributed by atoms with Crippen molar-refractivity contribution in [3.05, 3.63) is 48.0 Å². The van der Waals surface area contributed by atoms with Gasteiger partial charge in [-0.3, -0.25) is 4.79 Å². The lowest BCUT2D eigenvalue weighted by atomic mass is 10.1. The maximum atomic E-state index is 12.4. The minimum atomic E-state index is -0.368. The van der Waals surface area contributed by atoms with Crippen molar-refractivity contribution in [2.45, 2.75) is 0 Å². The Kier molecular flexibility index (Phi) is 3.79. The molecular formula is C15H15NO4. The van der Waals surface area contributed by atoms with Crippen LogP contribution in [0, 0.1) is 0 Å². The molecule has 0 bridgehead atoms. The number of carbonyl (C=O) groups is 1. The molecule has 0 heterocycles. The maximum absolute atomic E-state index is 12.4. The topological polar surface area (TPSA) is 70.0 Å². The summed E-state index contributed by atoms with van der Waals surface area (Å²) < 4.78 is 4.98. The molecule has 0 aliphatic heterocycles. The normalized spacial score (nSPS) is 10.1. The zero-order chi connectivity index (χ0) is 14.7. The lowest BCUT2D eigenvalue weighted by Gasteiger charge is -2.18. The summed E-state index contributed by atoms with van der Waals surface area (Å²) in [5.41, 5.74) is 0.759. The number of methoxy groups -OCH3 is 1. The highest BCUT2D eigenvalue weighted by Crippen LogP contribution is 2.31. The molecular weight excluding hydrogens is 258 g/mol. The smallest absolute Gasteiger partial charge is 0.261 e. The van der Waals surface area contributed by atoms with Crippen LogP contribution in [0.1, 0.15) is 10.4 Å². The van der Waals surface area contributed by atoms with Crippen LogP contribution in [0.25, 0.3) is 0 Å². The van der Waals surface area contributed by atoms with Crippen molar-refractivity contribution in [1.29, 1.82) is 0 Å². The van der Waals surface area contributed by atoms with Crippen molar-refractivity contribution >= 4 is 11.6 Å². The molecule has 2 aromatic rings. The van der Waals surface area contributed by atoms with Gasteiger partial charge < -0.3 is 19.8 Å². The number of para-hydroxylation sites is 1. The van der Waals surface area contributed by atoms with E-state index in [1.54, 1.807) is 31.3 Å². The third-order valence-corrected chi connectivity index (χ3v) is 2.99. The summed E-state index contributed by atoms with van der Waals surface area (Å²) in [4.78, 5) is 13.7. The van der Waals surface area contributed by atoms with E-state index in [1.807, 2.05) is 0 Å². The molecule has 0 aliphatic rings. The zero-order valence-corrected chi connectivity index (χ0v) is 11.2. The number of aromatic hydroxyl groups is 2. The Labute approximate surface area is 116 Å². The molecule has 0 unspecified atom stereocenters. The predicted octanol–water partition coefficient (Wildman–Crippen LogP) is 2.38. The predicted molar refractivity (Wildman–Crippen MR) is 75.5 cm³/mol. The fraction of sp³-hybridized carbons (Fsp3) is 0.133. The first kappa shape index (κ1) is 13.7. The molecule has 5 nitrogen and oxygen atoms in total. The molecule has 2 N–H and O–H groups in total. The van der Waals surface area contributed by atoms with E-state index in [4.69, 9.17) is 4.74 Å². The second-order valence-electron chi connectivity index (χ2n) is 4.24. The van der Waals surface area contributed by atoms with E-state index >= 15 is 0 Å². The molecule has 0 saturated carbocycles. The van der Waals surface area contributed by atoms with Gasteiger partial charge in [0.05, 0.1) is 12.7 Å². The number of benzene rings is 2. The summed E-state index contributed by atoms with van der Waals surface area (Å²) in [5, 5.41) is 19.2. The average Bonchev–Trinajstić information content (AvgIpc) is 2.47. The van der Waals surface area contributed by atoms with Gasteiger partial charge in [-0.05, 0) is 36.4 Å². The highest BCUT2D eigenvalue weighted by atomic mass is 16.5. The molecule has 0 aliphatic carbocycles. The van der Waals surface area contributed by atoms with Crippen LogP contribution in [0.2, 0.25) is 0 Å². The van der Waals surface area contributed by atoms with Gasteiger partial charge >= 0.3 is 0 Å². The van der Waals surface area contributed by atoms with E-state index in [0.717, 1.165) is 0 Å². The number of ether oxygens (including phenoxy) is 1. The Morgan fingerprint density at radius 2 is 1.75 bits per heavy atom. The molecule has 20 heavy (non-hydrogen) atoms. The van der Waals surface area contributed by atoms with Crippen molar-refractivity contribution in [2.24, 2.45) is 0 Å². The molecule has 0 aromatic heterocycles. The molecule has 5 heteroatoms. The van der Waals surface area contributed by atoms with E-state index in [-0.39, 0.29) is 28.7 Å². The number of amides is 1. The standard InChI is InChI=1S/C15H15NO4/c1-16(10-6-8-11(17)9-7-10)15(19)12-4-3-5-13(20-2)14(12)18/h3-9,17-18H,1-2H3. The summed E-state index contributed by atoms with van der Waals surface area (Å²) in [6.07, 6.45) is 0. The van der Waals surface area contributed by atoms with Crippen LogP contribution in [0.15, 0.2) is 42.5 Å². The van der Waals surface area contributed by atoms with Gasteiger partial charge in [0.2, 0.25) is 0 Å². The second-order valence-corrected chi connectivity index (χ2v) is 4.24. The first-order chi connectivity index (χ1) is 9.54. The number of phenolic OH excluding ortho intramolecular Hbond substituents is 2. The molecule has 2 rings (SSSR count). The third-order valence-electron chi connectivity index (χ3n) is 2.99. The monoisotopic (exact) mass is 273 g/mol. The van der Waals surface area contributed by atoms with Crippen molar-refractivity contribution in [1.82, 2.24) is 0 Å². The molecule has 0 spiro atoms. The highest BCUT2D eigenvalue weighted by Gasteiger charge is 2.19. The van der Waals surface area contributed by atoms with E-state index < -0.39 is 0 Å². The molecule has 1 amide bonds. The molecule has 0 radical (unpaired) electrons. The molecule has 104 valence electrons. The number of carbonyl (C=O) groups excluding carboxylic acids is 1. The van der Waals surface area contributed by atoms with E-state index in [1.165, 1.54) is 30.2 Å². The second kappa shape index (κ2) is 5.52. The summed E-state index contributed by atoms with van der Waals surface area (Å²) in [5.74, 6) is -0.188. The first-order valence-electron chi connectivity index (χ1n) is 5.97. The maximum Gasteiger partial charge on any atom is 0.261 e. The van der Waals surface area contributed by atoms with E-state index in [0.29, 0.717) is 5.69 Å². The molecule has 0 atom stereocenters. The van der Waals surface area contributed by atoms with E-state index in [9.17, 15) is 15.0 Å². The first-order valence-corrected chi connectivity index (χ1v) is 5.97. The fourth-order valence-corrected chi connectivity index (χ4v) is 1.83. The Morgan fingerprint density at radius 3 is 2.35 bits per heavy atom.